The first kappa shape index (κ1) is 15.6. The van der Waals surface area contributed by atoms with Gasteiger partial charge in [-0.05, 0) is 40.0 Å². The summed E-state index contributed by atoms with van der Waals surface area (Å²) in [7, 11) is 0. The third-order valence-electron chi connectivity index (χ3n) is 2.97. The lowest BCUT2D eigenvalue weighted by molar-refractivity contribution is -0.134. The topological polar surface area (TPSA) is 38.3 Å². The van der Waals surface area contributed by atoms with Crippen LogP contribution in [0.15, 0.2) is 53.0 Å². The molecule has 0 bridgehead atoms. The number of hydrogen-bond donors (Lipinski definition) is 1. The molecular weight excluding hydrogens is 330 g/mol. The monoisotopic (exact) mass is 347 g/mol. The number of hydrogen-bond acceptors (Lipinski definition) is 3. The maximum absolute atomic E-state index is 11.7. The van der Waals surface area contributed by atoms with Crippen molar-refractivity contribution in [1.29, 1.82) is 0 Å². The zero-order valence-electron chi connectivity index (χ0n) is 11.9. The molecule has 0 saturated heterocycles. The fourth-order valence-electron chi connectivity index (χ4n) is 1.93. The van der Waals surface area contributed by atoms with Crippen molar-refractivity contribution in [3.63, 3.8) is 0 Å². The summed E-state index contributed by atoms with van der Waals surface area (Å²) >= 11 is 3.50. The average molecular weight is 348 g/mol. The van der Waals surface area contributed by atoms with E-state index in [1.807, 2.05) is 49.4 Å². The van der Waals surface area contributed by atoms with Gasteiger partial charge in [-0.1, -0.05) is 43.3 Å². The Balaban J connectivity index is 2.12. The maximum atomic E-state index is 11.7. The summed E-state index contributed by atoms with van der Waals surface area (Å²) in [5.41, 5.74) is 1.96. The van der Waals surface area contributed by atoms with Crippen LogP contribution >= 0.6 is 15.9 Å². The highest BCUT2D eigenvalue weighted by Crippen LogP contribution is 2.33. The van der Waals surface area contributed by atoms with E-state index in [-0.39, 0.29) is 5.97 Å². The van der Waals surface area contributed by atoms with E-state index in [0.29, 0.717) is 18.7 Å². The summed E-state index contributed by atoms with van der Waals surface area (Å²) in [5.74, 6) is 0.345. The Morgan fingerprint density at radius 1 is 1.14 bits per heavy atom. The molecule has 0 atom stereocenters. The average Bonchev–Trinajstić information content (AvgIpc) is 2.48. The number of nitrogens with one attached hydrogen (secondary N) is 1. The Bertz CT molecular complexity index is 599. The fraction of sp³-hybridized carbons (Fsp3) is 0.235. The molecule has 3 nitrogen and oxygen atoms in total. The second-order valence-corrected chi connectivity index (χ2v) is 5.53. The second-order valence-electron chi connectivity index (χ2n) is 4.68. The summed E-state index contributed by atoms with van der Waals surface area (Å²) in [6, 6.07) is 15.7. The van der Waals surface area contributed by atoms with Crippen LogP contribution in [0.25, 0.3) is 0 Å². The Morgan fingerprint density at radius 2 is 1.90 bits per heavy atom. The van der Waals surface area contributed by atoms with Crippen LogP contribution < -0.4 is 10.1 Å². The van der Waals surface area contributed by atoms with Gasteiger partial charge in [-0.2, -0.15) is 0 Å². The van der Waals surface area contributed by atoms with Gasteiger partial charge in [-0.25, -0.2) is 0 Å². The molecule has 0 fully saturated rings. The molecule has 2 aromatic rings. The van der Waals surface area contributed by atoms with Crippen LogP contribution in [0.5, 0.6) is 5.75 Å². The van der Waals surface area contributed by atoms with Crippen LogP contribution in [0, 0.1) is 0 Å². The highest BCUT2D eigenvalue weighted by Gasteiger charge is 2.11. The minimum Gasteiger partial charge on any atom is -0.424 e. The molecule has 0 amide bonds. The van der Waals surface area contributed by atoms with Gasteiger partial charge in [0, 0.05) is 17.4 Å². The molecule has 0 unspecified atom stereocenters. The van der Waals surface area contributed by atoms with Gasteiger partial charge in [0.05, 0.1) is 5.69 Å². The predicted molar refractivity (Wildman–Crippen MR) is 88.5 cm³/mol. The smallest absolute Gasteiger partial charge is 0.311 e. The first-order valence-corrected chi connectivity index (χ1v) is 7.77. The van der Waals surface area contributed by atoms with Gasteiger partial charge in [0.1, 0.15) is 0 Å². The Labute approximate surface area is 133 Å². The van der Waals surface area contributed by atoms with Gasteiger partial charge in [-0.3, -0.25) is 4.79 Å². The quantitative estimate of drug-likeness (QED) is 0.604. The van der Waals surface area contributed by atoms with Crippen molar-refractivity contribution in [3.8, 4) is 5.75 Å². The molecular formula is C17H18BrNO2. The molecule has 0 spiro atoms. The largest absolute Gasteiger partial charge is 0.424 e. The Morgan fingerprint density at radius 3 is 2.62 bits per heavy atom. The van der Waals surface area contributed by atoms with E-state index in [1.165, 1.54) is 5.56 Å². The van der Waals surface area contributed by atoms with E-state index in [0.717, 1.165) is 16.6 Å². The number of anilines is 1. The molecule has 4 heteroatoms. The van der Waals surface area contributed by atoms with E-state index in [1.54, 1.807) is 6.07 Å². The van der Waals surface area contributed by atoms with E-state index in [9.17, 15) is 4.79 Å². The molecule has 0 aliphatic rings. The normalized spacial score (nSPS) is 10.2. The van der Waals surface area contributed by atoms with Crippen LogP contribution in [-0.4, -0.2) is 5.97 Å². The molecule has 21 heavy (non-hydrogen) atoms. The molecule has 2 aromatic carbocycles. The van der Waals surface area contributed by atoms with E-state index in [4.69, 9.17) is 4.74 Å². The molecule has 1 N–H and O–H groups in total. The zero-order valence-corrected chi connectivity index (χ0v) is 13.5. The molecule has 0 saturated carbocycles. The van der Waals surface area contributed by atoms with Crippen molar-refractivity contribution < 1.29 is 9.53 Å². The summed E-state index contributed by atoms with van der Waals surface area (Å²) in [4.78, 5) is 11.7. The van der Waals surface area contributed by atoms with Crippen molar-refractivity contribution in [2.24, 2.45) is 0 Å². The molecule has 2 rings (SSSR count). The molecule has 110 valence electrons. The second kappa shape index (κ2) is 7.84. The number of ether oxygens (including phenoxy) is 1. The van der Waals surface area contributed by atoms with E-state index >= 15 is 0 Å². The summed E-state index contributed by atoms with van der Waals surface area (Å²) in [6.07, 6.45) is 1.20. The standard InChI is InChI=1S/C17H18BrNO2/c1-2-7-16(20)21-15-11-6-10-14(18)17(15)19-12-13-8-4-3-5-9-13/h3-6,8-11,19H,2,7,12H2,1H3. The number of halogens is 1. The van der Waals surface area contributed by atoms with Crippen molar-refractivity contribution in [2.45, 2.75) is 26.3 Å². The number of rotatable bonds is 6. The van der Waals surface area contributed by atoms with Crippen LogP contribution in [0.3, 0.4) is 0 Å². The van der Waals surface area contributed by atoms with Crippen molar-refractivity contribution in [3.05, 3.63) is 58.6 Å². The third kappa shape index (κ3) is 4.60. The van der Waals surface area contributed by atoms with Crippen LogP contribution in [-0.2, 0) is 11.3 Å². The van der Waals surface area contributed by atoms with Gasteiger partial charge >= 0.3 is 5.97 Å². The van der Waals surface area contributed by atoms with Crippen LogP contribution in [0.2, 0.25) is 0 Å². The van der Waals surface area contributed by atoms with Gasteiger partial charge in [0.2, 0.25) is 0 Å². The number of esters is 1. The van der Waals surface area contributed by atoms with Gasteiger partial charge in [-0.15, -0.1) is 0 Å². The summed E-state index contributed by atoms with van der Waals surface area (Å²) in [6.45, 7) is 2.62. The lowest BCUT2D eigenvalue weighted by Crippen LogP contribution is -2.09. The van der Waals surface area contributed by atoms with Crippen LogP contribution in [0.4, 0.5) is 5.69 Å². The van der Waals surface area contributed by atoms with E-state index in [2.05, 4.69) is 21.2 Å². The summed E-state index contributed by atoms with van der Waals surface area (Å²) in [5, 5.41) is 3.32. The number of carbonyl (C=O) groups excluding carboxylic acids is 1. The fourth-order valence-corrected chi connectivity index (χ4v) is 2.41. The molecule has 0 heterocycles. The minimum absolute atomic E-state index is 0.210. The first-order valence-electron chi connectivity index (χ1n) is 6.97. The Kier molecular flexibility index (Phi) is 5.81. The molecule has 0 aromatic heterocycles. The molecule has 0 aliphatic carbocycles. The predicted octanol–water partition coefficient (Wildman–Crippen LogP) is 4.77. The van der Waals surface area contributed by atoms with Crippen LogP contribution in [0.1, 0.15) is 25.3 Å². The van der Waals surface area contributed by atoms with Crippen molar-refractivity contribution in [2.75, 3.05) is 5.32 Å². The summed E-state index contributed by atoms with van der Waals surface area (Å²) < 4.78 is 6.30. The number of para-hydroxylation sites is 1. The SMILES string of the molecule is CCCC(=O)Oc1cccc(Br)c1NCc1ccccc1. The first-order chi connectivity index (χ1) is 10.2. The van der Waals surface area contributed by atoms with Crippen molar-refractivity contribution >= 4 is 27.6 Å². The number of benzene rings is 2. The molecule has 0 radical (unpaired) electrons. The maximum Gasteiger partial charge on any atom is 0.311 e. The highest BCUT2D eigenvalue weighted by molar-refractivity contribution is 9.10. The van der Waals surface area contributed by atoms with Crippen molar-refractivity contribution in [1.82, 2.24) is 0 Å². The third-order valence-corrected chi connectivity index (χ3v) is 3.63. The van der Waals surface area contributed by atoms with Gasteiger partial charge in [0.25, 0.3) is 0 Å². The number of carbonyl (C=O) groups is 1. The lowest BCUT2D eigenvalue weighted by atomic mass is 10.2. The molecule has 0 aliphatic heterocycles. The zero-order chi connectivity index (χ0) is 15.1. The highest BCUT2D eigenvalue weighted by atomic mass is 79.9. The Hall–Kier alpha value is -1.81. The van der Waals surface area contributed by atoms with Gasteiger partial charge in [0.15, 0.2) is 5.75 Å². The lowest BCUT2D eigenvalue weighted by Gasteiger charge is -2.14. The van der Waals surface area contributed by atoms with Gasteiger partial charge < -0.3 is 10.1 Å². The van der Waals surface area contributed by atoms with E-state index < -0.39 is 0 Å². The minimum atomic E-state index is -0.210.